The van der Waals surface area contributed by atoms with Crippen LogP contribution in [0.25, 0.3) is 10.9 Å². The fourth-order valence-electron chi connectivity index (χ4n) is 3.16. The van der Waals surface area contributed by atoms with Crippen molar-refractivity contribution in [3.8, 4) is 0 Å². The van der Waals surface area contributed by atoms with E-state index in [9.17, 15) is 0 Å². The lowest BCUT2D eigenvalue weighted by molar-refractivity contribution is 0.250. The molecule has 0 amide bonds. The monoisotopic (exact) mass is 303 g/mol. The predicted molar refractivity (Wildman–Crippen MR) is 90.2 cm³/mol. The molecule has 1 aliphatic heterocycles. The highest BCUT2D eigenvalue weighted by Crippen LogP contribution is 2.30. The number of rotatable bonds is 3. The third-order valence-electron chi connectivity index (χ3n) is 4.42. The summed E-state index contributed by atoms with van der Waals surface area (Å²) in [7, 11) is 4.35. The van der Waals surface area contributed by atoms with E-state index in [1.54, 1.807) is 0 Å². The van der Waals surface area contributed by atoms with Gasteiger partial charge in [-0.1, -0.05) is 18.2 Å². The molecule has 3 nitrogen and oxygen atoms in total. The molecular weight excluding hydrogens is 282 g/mol. The van der Waals surface area contributed by atoms with Gasteiger partial charge in [0.05, 0.1) is 17.1 Å². The molecule has 112 valence electrons. The molecule has 0 radical (unpaired) electrons. The summed E-state index contributed by atoms with van der Waals surface area (Å²) in [6, 6.07) is 11.2. The summed E-state index contributed by atoms with van der Waals surface area (Å²) in [6.07, 6.45) is 2.42. The molecule has 0 N–H and O–H groups in total. The number of para-hydroxylation sites is 1. The van der Waals surface area contributed by atoms with Gasteiger partial charge in [0, 0.05) is 30.2 Å². The van der Waals surface area contributed by atoms with Gasteiger partial charge in [0.2, 0.25) is 0 Å². The van der Waals surface area contributed by atoms with Crippen molar-refractivity contribution in [1.29, 1.82) is 0 Å². The molecule has 2 heterocycles. The number of alkyl halides is 1. The molecule has 1 aromatic carbocycles. The van der Waals surface area contributed by atoms with Crippen molar-refractivity contribution in [3.63, 3.8) is 0 Å². The van der Waals surface area contributed by atoms with Gasteiger partial charge < -0.3 is 9.80 Å². The maximum Gasteiger partial charge on any atom is 0.0726 e. The summed E-state index contributed by atoms with van der Waals surface area (Å²) < 4.78 is 0. The van der Waals surface area contributed by atoms with Crippen molar-refractivity contribution in [2.45, 2.75) is 24.8 Å². The Labute approximate surface area is 131 Å². The SMILES string of the molecule is CN(C)C1CCN(c2cc(CCl)nc3ccccc23)CC1. The highest BCUT2D eigenvalue weighted by Gasteiger charge is 2.22. The minimum Gasteiger partial charge on any atom is -0.371 e. The van der Waals surface area contributed by atoms with Crippen LogP contribution in [0, 0.1) is 0 Å². The summed E-state index contributed by atoms with van der Waals surface area (Å²) >= 11 is 6.02. The number of piperidine rings is 1. The number of hydrogen-bond acceptors (Lipinski definition) is 3. The van der Waals surface area contributed by atoms with Crippen molar-refractivity contribution in [2.75, 3.05) is 32.1 Å². The minimum atomic E-state index is 0.464. The van der Waals surface area contributed by atoms with Crippen molar-refractivity contribution < 1.29 is 0 Å². The molecule has 1 saturated heterocycles. The van der Waals surface area contributed by atoms with Crippen LogP contribution in [0.5, 0.6) is 0 Å². The van der Waals surface area contributed by atoms with Crippen LogP contribution in [0.2, 0.25) is 0 Å². The molecule has 0 saturated carbocycles. The Hall–Kier alpha value is -1.32. The summed E-state index contributed by atoms with van der Waals surface area (Å²) in [6.45, 7) is 2.19. The number of fused-ring (bicyclic) bond motifs is 1. The second-order valence-electron chi connectivity index (χ2n) is 5.97. The van der Waals surface area contributed by atoms with E-state index in [-0.39, 0.29) is 0 Å². The van der Waals surface area contributed by atoms with Crippen LogP contribution in [0.3, 0.4) is 0 Å². The Morgan fingerprint density at radius 3 is 2.62 bits per heavy atom. The normalized spacial score (nSPS) is 16.9. The van der Waals surface area contributed by atoms with Gasteiger partial charge >= 0.3 is 0 Å². The molecule has 21 heavy (non-hydrogen) atoms. The maximum absolute atomic E-state index is 6.02. The Morgan fingerprint density at radius 1 is 1.24 bits per heavy atom. The molecule has 0 atom stereocenters. The second kappa shape index (κ2) is 6.20. The zero-order valence-electron chi connectivity index (χ0n) is 12.7. The first-order valence-electron chi connectivity index (χ1n) is 7.55. The van der Waals surface area contributed by atoms with Gasteiger partial charge in [0.1, 0.15) is 0 Å². The number of hydrogen-bond donors (Lipinski definition) is 0. The number of halogens is 1. The van der Waals surface area contributed by atoms with E-state index in [1.165, 1.54) is 23.9 Å². The Kier molecular flexibility index (Phi) is 4.32. The van der Waals surface area contributed by atoms with Gasteiger partial charge in [-0.3, -0.25) is 4.98 Å². The lowest BCUT2D eigenvalue weighted by Crippen LogP contribution is -2.42. The second-order valence-corrected chi connectivity index (χ2v) is 6.23. The first kappa shape index (κ1) is 14.6. The number of nitrogens with zero attached hydrogens (tertiary/aromatic N) is 3. The average molecular weight is 304 g/mol. The van der Waals surface area contributed by atoms with Gasteiger partial charge in [-0.05, 0) is 39.1 Å². The number of anilines is 1. The fourth-order valence-corrected chi connectivity index (χ4v) is 3.30. The summed E-state index contributed by atoms with van der Waals surface area (Å²) in [5.74, 6) is 0.464. The van der Waals surface area contributed by atoms with E-state index in [0.29, 0.717) is 11.9 Å². The van der Waals surface area contributed by atoms with Crippen LogP contribution < -0.4 is 4.90 Å². The molecule has 2 aromatic rings. The van der Waals surface area contributed by atoms with E-state index in [0.717, 1.165) is 24.3 Å². The molecular formula is C17H22ClN3. The quantitative estimate of drug-likeness (QED) is 0.809. The third kappa shape index (κ3) is 2.99. The predicted octanol–water partition coefficient (Wildman–Crippen LogP) is 3.50. The molecule has 0 spiro atoms. The van der Waals surface area contributed by atoms with Crippen molar-refractivity contribution in [1.82, 2.24) is 9.88 Å². The van der Waals surface area contributed by atoms with Crippen LogP contribution in [0.4, 0.5) is 5.69 Å². The van der Waals surface area contributed by atoms with E-state index >= 15 is 0 Å². The van der Waals surface area contributed by atoms with E-state index in [2.05, 4.69) is 53.1 Å². The average Bonchev–Trinajstić information content (AvgIpc) is 2.53. The molecule has 0 aliphatic carbocycles. The van der Waals surface area contributed by atoms with Crippen LogP contribution in [0.15, 0.2) is 30.3 Å². The minimum absolute atomic E-state index is 0.464. The van der Waals surface area contributed by atoms with Gasteiger partial charge in [-0.2, -0.15) is 0 Å². The molecule has 1 fully saturated rings. The van der Waals surface area contributed by atoms with Crippen LogP contribution in [0.1, 0.15) is 18.5 Å². The maximum atomic E-state index is 6.02. The van der Waals surface area contributed by atoms with Gasteiger partial charge in [0.25, 0.3) is 0 Å². The first-order chi connectivity index (χ1) is 10.2. The highest BCUT2D eigenvalue weighted by molar-refractivity contribution is 6.17. The van der Waals surface area contributed by atoms with Crippen molar-refractivity contribution in [3.05, 3.63) is 36.0 Å². The highest BCUT2D eigenvalue weighted by atomic mass is 35.5. The largest absolute Gasteiger partial charge is 0.371 e. The zero-order chi connectivity index (χ0) is 14.8. The van der Waals surface area contributed by atoms with Gasteiger partial charge in [-0.15, -0.1) is 11.6 Å². The lowest BCUT2D eigenvalue weighted by atomic mass is 10.0. The lowest BCUT2D eigenvalue weighted by Gasteiger charge is -2.37. The number of benzene rings is 1. The Morgan fingerprint density at radius 2 is 1.95 bits per heavy atom. The molecule has 0 unspecified atom stereocenters. The standard InChI is InChI=1S/C17H22ClN3/c1-20(2)14-7-9-21(10-8-14)17-11-13(12-18)19-16-6-4-3-5-15(16)17/h3-6,11,14H,7-10,12H2,1-2H3. The van der Waals surface area contributed by atoms with E-state index in [1.807, 2.05) is 6.07 Å². The zero-order valence-corrected chi connectivity index (χ0v) is 13.5. The summed E-state index contributed by atoms with van der Waals surface area (Å²) in [4.78, 5) is 9.45. The smallest absolute Gasteiger partial charge is 0.0726 e. The molecule has 1 aliphatic rings. The first-order valence-corrected chi connectivity index (χ1v) is 8.08. The number of pyridine rings is 1. The number of aromatic nitrogens is 1. The third-order valence-corrected chi connectivity index (χ3v) is 4.69. The van der Waals surface area contributed by atoms with Crippen LogP contribution in [-0.4, -0.2) is 43.1 Å². The van der Waals surface area contributed by atoms with Crippen molar-refractivity contribution in [2.24, 2.45) is 0 Å². The van der Waals surface area contributed by atoms with E-state index < -0.39 is 0 Å². The summed E-state index contributed by atoms with van der Waals surface area (Å²) in [5.41, 5.74) is 3.29. The van der Waals surface area contributed by atoms with Crippen LogP contribution in [-0.2, 0) is 5.88 Å². The van der Waals surface area contributed by atoms with Crippen molar-refractivity contribution >= 4 is 28.2 Å². The van der Waals surface area contributed by atoms with Crippen LogP contribution >= 0.6 is 11.6 Å². The topological polar surface area (TPSA) is 19.4 Å². The molecule has 0 bridgehead atoms. The molecule has 3 rings (SSSR count). The van der Waals surface area contributed by atoms with Gasteiger partial charge in [0.15, 0.2) is 0 Å². The summed E-state index contributed by atoms with van der Waals surface area (Å²) in [5, 5.41) is 1.23. The van der Waals surface area contributed by atoms with E-state index in [4.69, 9.17) is 11.6 Å². The fraction of sp³-hybridized carbons (Fsp3) is 0.471. The van der Waals surface area contributed by atoms with Gasteiger partial charge in [-0.25, -0.2) is 0 Å². The Balaban J connectivity index is 1.93. The molecule has 4 heteroatoms. The Bertz CT molecular complexity index is 618. The molecule has 1 aromatic heterocycles.